The maximum Gasteiger partial charge on any atom is 0.143 e. The summed E-state index contributed by atoms with van der Waals surface area (Å²) >= 11 is 5.65. The van der Waals surface area contributed by atoms with Crippen LogP contribution in [0.4, 0.5) is 15.8 Å². The van der Waals surface area contributed by atoms with Crippen molar-refractivity contribution in [1.82, 2.24) is 0 Å². The number of benzene rings is 2. The molecule has 3 N–H and O–H groups in total. The molecule has 0 spiro atoms. The van der Waals surface area contributed by atoms with Crippen LogP contribution in [0.5, 0.6) is 5.75 Å². The third kappa shape index (κ3) is 3.54. The number of anilines is 2. The Kier molecular flexibility index (Phi) is 4.69. The van der Waals surface area contributed by atoms with Crippen molar-refractivity contribution in [3.05, 3.63) is 52.8 Å². The summed E-state index contributed by atoms with van der Waals surface area (Å²) in [5.74, 6) is 0.346. The summed E-state index contributed by atoms with van der Waals surface area (Å²) in [5, 5.41) is 3.13. The van der Waals surface area contributed by atoms with Gasteiger partial charge in [0.05, 0.1) is 23.5 Å². The van der Waals surface area contributed by atoms with E-state index in [1.807, 2.05) is 24.3 Å². The van der Waals surface area contributed by atoms with Gasteiger partial charge in [0.1, 0.15) is 11.6 Å². The maximum atomic E-state index is 13.4. The quantitative estimate of drug-likeness (QED) is 0.826. The summed E-state index contributed by atoms with van der Waals surface area (Å²) < 4.78 is 18.4. The molecule has 0 bridgehead atoms. The fourth-order valence-corrected chi connectivity index (χ4v) is 2.02. The van der Waals surface area contributed by atoms with Gasteiger partial charge in [-0.1, -0.05) is 23.7 Å². The van der Waals surface area contributed by atoms with Gasteiger partial charge in [-0.25, -0.2) is 4.39 Å². The zero-order valence-electron chi connectivity index (χ0n) is 11.1. The van der Waals surface area contributed by atoms with Crippen molar-refractivity contribution in [2.24, 2.45) is 0 Å². The van der Waals surface area contributed by atoms with Crippen molar-refractivity contribution in [3.63, 3.8) is 0 Å². The lowest BCUT2D eigenvalue weighted by Crippen LogP contribution is -2.07. The second-order valence-electron chi connectivity index (χ2n) is 4.38. The Morgan fingerprint density at radius 2 is 1.95 bits per heavy atom. The topological polar surface area (TPSA) is 47.3 Å². The zero-order chi connectivity index (χ0) is 14.5. The maximum absolute atomic E-state index is 13.4. The normalized spacial score (nSPS) is 10.3. The van der Waals surface area contributed by atoms with E-state index in [0.29, 0.717) is 17.9 Å². The minimum atomic E-state index is -0.479. The highest BCUT2D eigenvalue weighted by Gasteiger charge is 2.05. The van der Waals surface area contributed by atoms with Gasteiger partial charge < -0.3 is 15.8 Å². The monoisotopic (exact) mass is 294 g/mol. The van der Waals surface area contributed by atoms with E-state index in [1.165, 1.54) is 12.1 Å². The molecular formula is C15H16ClFN2O. The minimum Gasteiger partial charge on any atom is -0.497 e. The smallest absolute Gasteiger partial charge is 0.143 e. The average molecular weight is 295 g/mol. The lowest BCUT2D eigenvalue weighted by molar-refractivity contribution is 0.414. The molecule has 3 nitrogen and oxygen atoms in total. The molecule has 2 aromatic rings. The van der Waals surface area contributed by atoms with Gasteiger partial charge in [0.2, 0.25) is 0 Å². The zero-order valence-corrected chi connectivity index (χ0v) is 11.9. The molecule has 0 amide bonds. The van der Waals surface area contributed by atoms with Crippen molar-refractivity contribution >= 4 is 23.0 Å². The van der Waals surface area contributed by atoms with Crippen LogP contribution >= 0.6 is 11.6 Å². The van der Waals surface area contributed by atoms with Crippen LogP contribution in [-0.2, 0) is 6.42 Å². The third-order valence-corrected chi connectivity index (χ3v) is 3.27. The van der Waals surface area contributed by atoms with Crippen molar-refractivity contribution in [3.8, 4) is 5.75 Å². The highest BCUT2D eigenvalue weighted by molar-refractivity contribution is 6.31. The van der Waals surface area contributed by atoms with Crippen LogP contribution in [0, 0.1) is 5.82 Å². The number of halogens is 2. The second-order valence-corrected chi connectivity index (χ2v) is 4.79. The van der Waals surface area contributed by atoms with E-state index < -0.39 is 5.82 Å². The molecule has 0 fully saturated rings. The summed E-state index contributed by atoms with van der Waals surface area (Å²) in [6.07, 6.45) is 0.799. The summed E-state index contributed by atoms with van der Waals surface area (Å²) in [4.78, 5) is 0. The molecule has 0 aliphatic rings. The second kappa shape index (κ2) is 6.48. The van der Waals surface area contributed by atoms with Crippen molar-refractivity contribution in [2.75, 3.05) is 24.7 Å². The van der Waals surface area contributed by atoms with E-state index in [1.54, 1.807) is 7.11 Å². The number of nitrogens with one attached hydrogen (secondary N) is 1. The SMILES string of the molecule is COc1ccc(CCNc2cc(F)c(Cl)cc2N)cc1. The van der Waals surface area contributed by atoms with E-state index >= 15 is 0 Å². The molecule has 0 saturated carbocycles. The molecular weight excluding hydrogens is 279 g/mol. The molecule has 0 aliphatic carbocycles. The Balaban J connectivity index is 1.94. The van der Waals surface area contributed by atoms with Crippen LogP contribution in [0.15, 0.2) is 36.4 Å². The molecule has 106 valence electrons. The first-order valence-electron chi connectivity index (χ1n) is 6.21. The number of nitrogens with two attached hydrogens (primary N) is 1. The first-order chi connectivity index (χ1) is 9.60. The van der Waals surface area contributed by atoms with Gasteiger partial charge in [-0.05, 0) is 30.2 Å². The number of ether oxygens (including phenoxy) is 1. The van der Waals surface area contributed by atoms with Gasteiger partial charge in [-0.3, -0.25) is 0 Å². The third-order valence-electron chi connectivity index (χ3n) is 2.98. The molecule has 0 saturated heterocycles. The predicted octanol–water partition coefficient (Wildman–Crippen LogP) is 3.72. The van der Waals surface area contributed by atoms with Crippen molar-refractivity contribution < 1.29 is 9.13 Å². The Bertz CT molecular complexity index is 587. The van der Waals surface area contributed by atoms with Crippen LogP contribution in [-0.4, -0.2) is 13.7 Å². The standard InChI is InChI=1S/C15H16ClFN2O/c1-20-11-4-2-10(3-5-11)6-7-19-15-9-13(17)12(16)8-14(15)18/h2-5,8-9,19H,6-7,18H2,1H3. The van der Waals surface area contributed by atoms with Crippen molar-refractivity contribution in [1.29, 1.82) is 0 Å². The van der Waals surface area contributed by atoms with Gasteiger partial charge >= 0.3 is 0 Å². The Morgan fingerprint density at radius 1 is 1.25 bits per heavy atom. The van der Waals surface area contributed by atoms with Crippen LogP contribution in [0.3, 0.4) is 0 Å². The number of nitrogen functional groups attached to an aromatic ring is 1. The molecule has 5 heteroatoms. The molecule has 20 heavy (non-hydrogen) atoms. The lowest BCUT2D eigenvalue weighted by atomic mass is 10.1. The Morgan fingerprint density at radius 3 is 2.60 bits per heavy atom. The van der Waals surface area contributed by atoms with Gasteiger partial charge in [0.15, 0.2) is 0 Å². The number of methoxy groups -OCH3 is 1. The Hall–Kier alpha value is -1.94. The Labute approximate surface area is 122 Å². The summed E-state index contributed by atoms with van der Waals surface area (Å²) in [6.45, 7) is 0.650. The largest absolute Gasteiger partial charge is 0.497 e. The first kappa shape index (κ1) is 14.5. The number of hydrogen-bond acceptors (Lipinski definition) is 3. The van der Waals surface area contributed by atoms with Crippen LogP contribution in [0.1, 0.15) is 5.56 Å². The van der Waals surface area contributed by atoms with Crippen molar-refractivity contribution in [2.45, 2.75) is 6.42 Å². The lowest BCUT2D eigenvalue weighted by Gasteiger charge is -2.10. The molecule has 0 aliphatic heterocycles. The van der Waals surface area contributed by atoms with Gasteiger partial charge in [-0.2, -0.15) is 0 Å². The molecule has 0 heterocycles. The van der Waals surface area contributed by atoms with Crippen LogP contribution < -0.4 is 15.8 Å². The summed E-state index contributed by atoms with van der Waals surface area (Å²) in [7, 11) is 1.63. The number of rotatable bonds is 5. The highest BCUT2D eigenvalue weighted by Crippen LogP contribution is 2.26. The molecule has 0 unspecified atom stereocenters. The van der Waals surface area contributed by atoms with E-state index in [2.05, 4.69) is 5.32 Å². The summed E-state index contributed by atoms with van der Waals surface area (Å²) in [6, 6.07) is 10.5. The van der Waals surface area contributed by atoms with E-state index in [0.717, 1.165) is 17.7 Å². The molecule has 2 rings (SSSR count). The van der Waals surface area contributed by atoms with Gasteiger partial charge in [0.25, 0.3) is 0 Å². The van der Waals surface area contributed by atoms with E-state index in [9.17, 15) is 4.39 Å². The predicted molar refractivity (Wildman–Crippen MR) is 81.0 cm³/mol. The van der Waals surface area contributed by atoms with Crippen LogP contribution in [0.25, 0.3) is 0 Å². The average Bonchev–Trinajstić information content (AvgIpc) is 2.45. The van der Waals surface area contributed by atoms with Gasteiger partial charge in [0, 0.05) is 12.6 Å². The first-order valence-corrected chi connectivity index (χ1v) is 6.59. The minimum absolute atomic E-state index is 0.0307. The molecule has 0 atom stereocenters. The number of hydrogen-bond donors (Lipinski definition) is 2. The van der Waals surface area contributed by atoms with E-state index in [-0.39, 0.29) is 5.02 Å². The fraction of sp³-hybridized carbons (Fsp3) is 0.200. The highest BCUT2D eigenvalue weighted by atomic mass is 35.5. The molecule has 0 aromatic heterocycles. The van der Waals surface area contributed by atoms with Gasteiger partial charge in [-0.15, -0.1) is 0 Å². The fourth-order valence-electron chi connectivity index (χ4n) is 1.85. The van der Waals surface area contributed by atoms with E-state index in [4.69, 9.17) is 22.1 Å². The van der Waals surface area contributed by atoms with Crippen LogP contribution in [0.2, 0.25) is 5.02 Å². The molecule has 2 aromatic carbocycles. The summed E-state index contributed by atoms with van der Waals surface area (Å²) in [5.41, 5.74) is 7.93. The molecule has 0 radical (unpaired) electrons.